The average molecular weight is 288 g/mol. The smallest absolute Gasteiger partial charge is 0.0370 e. The predicted octanol–water partition coefficient (Wildman–Crippen LogP) is 4.56. The molecule has 2 heteroatoms. The summed E-state index contributed by atoms with van der Waals surface area (Å²) < 4.78 is 0. The highest BCUT2D eigenvalue weighted by atomic mass is 15.1. The quantitative estimate of drug-likeness (QED) is 0.874. The van der Waals surface area contributed by atoms with Crippen molar-refractivity contribution in [2.24, 2.45) is 11.3 Å². The predicted molar refractivity (Wildman–Crippen MR) is 92.9 cm³/mol. The van der Waals surface area contributed by atoms with E-state index in [-0.39, 0.29) is 0 Å². The summed E-state index contributed by atoms with van der Waals surface area (Å²) in [5.41, 5.74) is 3.08. The van der Waals surface area contributed by atoms with E-state index >= 15 is 0 Å². The highest BCUT2D eigenvalue weighted by Crippen LogP contribution is 2.34. The van der Waals surface area contributed by atoms with Crippen LogP contribution in [0.3, 0.4) is 0 Å². The molecule has 0 spiro atoms. The SMILES string of the molecule is Cc1ccccc1NCCN1CCCC(C(C)(C)C)CC1. The van der Waals surface area contributed by atoms with Crippen LogP contribution in [0.4, 0.5) is 5.69 Å². The maximum Gasteiger partial charge on any atom is 0.0370 e. The molecule has 21 heavy (non-hydrogen) atoms. The lowest BCUT2D eigenvalue weighted by Gasteiger charge is -2.29. The zero-order valence-corrected chi connectivity index (χ0v) is 14.3. The lowest BCUT2D eigenvalue weighted by atomic mass is 9.77. The Hall–Kier alpha value is -1.02. The fourth-order valence-corrected chi connectivity index (χ4v) is 3.37. The Kier molecular flexibility index (Phi) is 5.69. The fraction of sp³-hybridized carbons (Fsp3) is 0.684. The van der Waals surface area contributed by atoms with Gasteiger partial charge in [-0.15, -0.1) is 0 Å². The van der Waals surface area contributed by atoms with Crippen molar-refractivity contribution >= 4 is 5.69 Å². The summed E-state index contributed by atoms with van der Waals surface area (Å²) in [5, 5.41) is 3.58. The minimum atomic E-state index is 0.468. The maximum absolute atomic E-state index is 3.58. The van der Waals surface area contributed by atoms with Crippen molar-refractivity contribution in [3.63, 3.8) is 0 Å². The number of nitrogens with zero attached hydrogens (tertiary/aromatic N) is 1. The fourth-order valence-electron chi connectivity index (χ4n) is 3.37. The highest BCUT2D eigenvalue weighted by Gasteiger charge is 2.26. The van der Waals surface area contributed by atoms with Gasteiger partial charge in [0.2, 0.25) is 0 Å². The number of hydrogen-bond acceptors (Lipinski definition) is 2. The van der Waals surface area contributed by atoms with Gasteiger partial charge in [0.15, 0.2) is 0 Å². The van der Waals surface area contributed by atoms with Crippen LogP contribution in [-0.4, -0.2) is 31.1 Å². The normalized spacial score (nSPS) is 21.0. The van der Waals surface area contributed by atoms with Crippen LogP contribution in [0.15, 0.2) is 24.3 Å². The summed E-state index contributed by atoms with van der Waals surface area (Å²) >= 11 is 0. The molecule has 1 aromatic carbocycles. The number of rotatable bonds is 4. The first-order chi connectivity index (χ1) is 9.97. The largest absolute Gasteiger partial charge is 0.384 e. The van der Waals surface area contributed by atoms with Gasteiger partial charge in [-0.05, 0) is 62.2 Å². The minimum Gasteiger partial charge on any atom is -0.384 e. The van der Waals surface area contributed by atoms with Gasteiger partial charge in [0.1, 0.15) is 0 Å². The van der Waals surface area contributed by atoms with E-state index in [1.54, 1.807) is 0 Å². The Morgan fingerprint density at radius 1 is 1.14 bits per heavy atom. The topological polar surface area (TPSA) is 15.3 Å². The third-order valence-corrected chi connectivity index (χ3v) is 4.93. The van der Waals surface area contributed by atoms with Gasteiger partial charge in [0, 0.05) is 18.8 Å². The third kappa shape index (κ3) is 5.03. The second-order valence-corrected chi connectivity index (χ2v) is 7.58. The van der Waals surface area contributed by atoms with Gasteiger partial charge < -0.3 is 10.2 Å². The number of aryl methyl sites for hydroxylation is 1. The lowest BCUT2D eigenvalue weighted by molar-refractivity contribution is 0.209. The van der Waals surface area contributed by atoms with Crippen LogP contribution >= 0.6 is 0 Å². The second kappa shape index (κ2) is 7.31. The first kappa shape index (κ1) is 16.4. The molecule has 0 amide bonds. The summed E-state index contributed by atoms with van der Waals surface area (Å²) in [6.45, 7) is 14.1. The molecule has 1 N–H and O–H groups in total. The van der Waals surface area contributed by atoms with Crippen LogP contribution in [0.1, 0.15) is 45.6 Å². The molecule has 2 rings (SSSR count). The van der Waals surface area contributed by atoms with Gasteiger partial charge in [-0.3, -0.25) is 0 Å². The van der Waals surface area contributed by atoms with Crippen LogP contribution in [-0.2, 0) is 0 Å². The van der Waals surface area contributed by atoms with Gasteiger partial charge in [-0.25, -0.2) is 0 Å². The Balaban J connectivity index is 1.76. The average Bonchev–Trinajstić information content (AvgIpc) is 2.66. The molecule has 1 aliphatic rings. The van der Waals surface area contributed by atoms with E-state index < -0.39 is 0 Å². The minimum absolute atomic E-state index is 0.468. The van der Waals surface area contributed by atoms with Crippen LogP contribution in [0, 0.1) is 18.3 Å². The van der Waals surface area contributed by atoms with E-state index in [1.165, 1.54) is 43.6 Å². The number of hydrogen-bond donors (Lipinski definition) is 1. The molecule has 1 unspecified atom stereocenters. The van der Waals surface area contributed by atoms with Crippen molar-refractivity contribution in [2.75, 3.05) is 31.5 Å². The van der Waals surface area contributed by atoms with Gasteiger partial charge in [-0.2, -0.15) is 0 Å². The number of para-hydroxylation sites is 1. The maximum atomic E-state index is 3.58. The number of likely N-dealkylation sites (tertiary alicyclic amines) is 1. The number of benzene rings is 1. The van der Waals surface area contributed by atoms with E-state index in [1.807, 2.05) is 0 Å². The van der Waals surface area contributed by atoms with Crippen LogP contribution < -0.4 is 5.32 Å². The van der Waals surface area contributed by atoms with E-state index in [0.29, 0.717) is 5.41 Å². The van der Waals surface area contributed by atoms with E-state index in [9.17, 15) is 0 Å². The summed E-state index contributed by atoms with van der Waals surface area (Å²) in [6.07, 6.45) is 4.10. The standard InChI is InChI=1S/C19H32N2/c1-16-8-5-6-10-18(16)20-12-15-21-13-7-9-17(11-14-21)19(2,3)4/h5-6,8,10,17,20H,7,9,11-15H2,1-4H3. The van der Waals surface area contributed by atoms with Crippen molar-refractivity contribution in [1.82, 2.24) is 4.90 Å². The van der Waals surface area contributed by atoms with Crippen molar-refractivity contribution in [2.45, 2.75) is 47.0 Å². The van der Waals surface area contributed by atoms with Gasteiger partial charge in [0.05, 0.1) is 0 Å². The Morgan fingerprint density at radius 3 is 2.62 bits per heavy atom. The molecule has 0 saturated carbocycles. The molecule has 1 atom stereocenters. The molecule has 0 radical (unpaired) electrons. The molecular formula is C19H32N2. The number of nitrogens with one attached hydrogen (secondary N) is 1. The molecule has 118 valence electrons. The Labute approximate surface area is 130 Å². The van der Waals surface area contributed by atoms with Gasteiger partial charge >= 0.3 is 0 Å². The molecule has 0 aromatic heterocycles. The van der Waals surface area contributed by atoms with Gasteiger partial charge in [0.25, 0.3) is 0 Å². The molecule has 1 aromatic rings. The zero-order valence-electron chi connectivity index (χ0n) is 14.3. The zero-order chi connectivity index (χ0) is 15.3. The van der Waals surface area contributed by atoms with Crippen LogP contribution in [0.2, 0.25) is 0 Å². The van der Waals surface area contributed by atoms with Crippen LogP contribution in [0.25, 0.3) is 0 Å². The lowest BCUT2D eigenvalue weighted by Crippen LogP contribution is -2.30. The molecule has 1 saturated heterocycles. The third-order valence-electron chi connectivity index (χ3n) is 4.93. The van der Waals surface area contributed by atoms with Crippen molar-refractivity contribution in [3.8, 4) is 0 Å². The summed E-state index contributed by atoms with van der Waals surface area (Å²) in [4.78, 5) is 2.64. The van der Waals surface area contributed by atoms with Crippen molar-refractivity contribution < 1.29 is 0 Å². The Morgan fingerprint density at radius 2 is 1.90 bits per heavy atom. The molecule has 1 aliphatic heterocycles. The molecular weight excluding hydrogens is 256 g/mol. The monoisotopic (exact) mass is 288 g/mol. The van der Waals surface area contributed by atoms with E-state index in [4.69, 9.17) is 0 Å². The highest BCUT2D eigenvalue weighted by molar-refractivity contribution is 5.50. The molecule has 1 heterocycles. The molecule has 0 bridgehead atoms. The molecule has 2 nitrogen and oxygen atoms in total. The summed E-state index contributed by atoms with van der Waals surface area (Å²) in [5.74, 6) is 0.881. The Bertz CT molecular complexity index is 433. The summed E-state index contributed by atoms with van der Waals surface area (Å²) in [6, 6.07) is 8.55. The van der Waals surface area contributed by atoms with Crippen LogP contribution in [0.5, 0.6) is 0 Å². The summed E-state index contributed by atoms with van der Waals surface area (Å²) in [7, 11) is 0. The first-order valence-corrected chi connectivity index (χ1v) is 8.48. The van der Waals surface area contributed by atoms with E-state index in [2.05, 4.69) is 62.2 Å². The van der Waals surface area contributed by atoms with E-state index in [0.717, 1.165) is 19.0 Å². The second-order valence-electron chi connectivity index (χ2n) is 7.58. The molecule has 0 aliphatic carbocycles. The van der Waals surface area contributed by atoms with Crippen molar-refractivity contribution in [3.05, 3.63) is 29.8 Å². The molecule has 1 fully saturated rings. The van der Waals surface area contributed by atoms with Gasteiger partial charge in [-0.1, -0.05) is 39.0 Å². The van der Waals surface area contributed by atoms with Crippen molar-refractivity contribution in [1.29, 1.82) is 0 Å². The first-order valence-electron chi connectivity index (χ1n) is 8.48. The number of anilines is 1.